The molecule has 19 heavy (non-hydrogen) atoms. The van der Waals surface area contributed by atoms with Gasteiger partial charge in [-0.2, -0.15) is 0 Å². The maximum atomic E-state index is 6.01. The van der Waals surface area contributed by atoms with Crippen molar-refractivity contribution in [3.63, 3.8) is 0 Å². The summed E-state index contributed by atoms with van der Waals surface area (Å²) in [5.41, 5.74) is 2.47. The third-order valence-corrected chi connectivity index (χ3v) is 3.99. The molecule has 2 aromatic rings. The molecule has 1 aromatic carbocycles. The van der Waals surface area contributed by atoms with Gasteiger partial charge in [0.1, 0.15) is 17.2 Å². The van der Waals surface area contributed by atoms with Gasteiger partial charge in [0, 0.05) is 16.7 Å². The number of aryl methyl sites for hydroxylation is 1. The lowest BCUT2D eigenvalue weighted by molar-refractivity contribution is 0.323. The van der Waals surface area contributed by atoms with E-state index >= 15 is 0 Å². The lowest BCUT2D eigenvalue weighted by Crippen LogP contribution is -2.08. The number of hydrogen-bond acceptors (Lipinski definition) is 3. The van der Waals surface area contributed by atoms with Crippen LogP contribution in [-0.4, -0.2) is 11.6 Å². The van der Waals surface area contributed by atoms with Crippen molar-refractivity contribution in [1.82, 2.24) is 4.98 Å². The van der Waals surface area contributed by atoms with Crippen LogP contribution in [-0.2, 0) is 5.41 Å². The Bertz CT molecular complexity index is 630. The molecule has 2 aliphatic rings. The second-order valence-electron chi connectivity index (χ2n) is 5.44. The van der Waals surface area contributed by atoms with Gasteiger partial charge in [-0.1, -0.05) is 6.07 Å². The van der Waals surface area contributed by atoms with Crippen molar-refractivity contribution >= 4 is 0 Å². The summed E-state index contributed by atoms with van der Waals surface area (Å²) in [6.45, 7) is 2.77. The number of ether oxygens (including phenoxy) is 2. The molecular weight excluding hydrogens is 238 g/mol. The fourth-order valence-electron chi connectivity index (χ4n) is 2.71. The molecule has 1 aliphatic heterocycles. The highest BCUT2D eigenvalue weighted by Gasteiger charge is 2.52. The Morgan fingerprint density at radius 1 is 1.21 bits per heavy atom. The normalized spacial score (nSPS) is 17.9. The van der Waals surface area contributed by atoms with Crippen molar-refractivity contribution < 1.29 is 9.47 Å². The van der Waals surface area contributed by atoms with E-state index < -0.39 is 0 Å². The predicted molar refractivity (Wildman–Crippen MR) is 71.9 cm³/mol. The van der Waals surface area contributed by atoms with Crippen molar-refractivity contribution in [2.75, 3.05) is 6.61 Å². The molecule has 2 heterocycles. The number of pyridine rings is 1. The average Bonchev–Trinajstić information content (AvgIpc) is 3.10. The Morgan fingerprint density at radius 3 is 2.84 bits per heavy atom. The van der Waals surface area contributed by atoms with Crippen LogP contribution in [0.1, 0.15) is 24.1 Å². The molecule has 0 atom stereocenters. The molecule has 3 nitrogen and oxygen atoms in total. The smallest absolute Gasteiger partial charge is 0.145 e. The number of nitrogens with zero attached hydrogens (tertiary/aromatic N) is 1. The first-order chi connectivity index (χ1) is 9.27. The monoisotopic (exact) mass is 253 g/mol. The molecule has 0 N–H and O–H groups in total. The van der Waals surface area contributed by atoms with Crippen molar-refractivity contribution in [2.24, 2.45) is 0 Å². The van der Waals surface area contributed by atoms with Crippen LogP contribution in [0.15, 0.2) is 36.5 Å². The van der Waals surface area contributed by atoms with Gasteiger partial charge in [0.05, 0.1) is 12.8 Å². The first-order valence-electron chi connectivity index (χ1n) is 6.64. The molecule has 96 valence electrons. The molecule has 1 aromatic heterocycles. The van der Waals surface area contributed by atoms with Gasteiger partial charge in [-0.25, -0.2) is 0 Å². The van der Waals surface area contributed by atoms with Gasteiger partial charge in [0.2, 0.25) is 0 Å². The highest BCUT2D eigenvalue weighted by molar-refractivity contribution is 5.56. The van der Waals surface area contributed by atoms with Crippen LogP contribution in [0.2, 0.25) is 0 Å². The Balaban J connectivity index is 1.73. The third kappa shape index (κ3) is 1.69. The number of fused-ring (bicyclic) bond motifs is 2. The molecule has 4 rings (SSSR count). The third-order valence-electron chi connectivity index (χ3n) is 3.99. The standard InChI is InChI=1S/C16H15NO2/c1-11-5-6-12(9-17-11)19-14-4-2-3-13-15(14)16(7-8-16)10-18-13/h2-6,9H,7-8,10H2,1H3. The zero-order valence-corrected chi connectivity index (χ0v) is 10.8. The molecule has 0 saturated heterocycles. The van der Waals surface area contributed by atoms with E-state index in [1.807, 2.05) is 37.3 Å². The molecule has 1 fully saturated rings. The number of hydrogen-bond donors (Lipinski definition) is 0. The molecule has 1 aliphatic carbocycles. The summed E-state index contributed by atoms with van der Waals surface area (Å²) >= 11 is 0. The lowest BCUT2D eigenvalue weighted by atomic mass is 9.97. The topological polar surface area (TPSA) is 31.4 Å². The van der Waals surface area contributed by atoms with E-state index in [2.05, 4.69) is 4.98 Å². The largest absolute Gasteiger partial charge is 0.492 e. The molecule has 0 amide bonds. The Kier molecular flexibility index (Phi) is 2.13. The number of aromatic nitrogens is 1. The minimum absolute atomic E-state index is 0.226. The summed E-state index contributed by atoms with van der Waals surface area (Å²) in [5, 5.41) is 0. The van der Waals surface area contributed by atoms with Crippen molar-refractivity contribution in [3.05, 3.63) is 47.8 Å². The van der Waals surface area contributed by atoms with E-state index in [9.17, 15) is 0 Å². The van der Waals surface area contributed by atoms with Gasteiger partial charge in [0.25, 0.3) is 0 Å². The van der Waals surface area contributed by atoms with Crippen LogP contribution >= 0.6 is 0 Å². The summed E-state index contributed by atoms with van der Waals surface area (Å²) in [6, 6.07) is 9.95. The zero-order chi connectivity index (χ0) is 12.9. The van der Waals surface area contributed by atoms with Gasteiger partial charge in [-0.15, -0.1) is 0 Å². The van der Waals surface area contributed by atoms with Crippen LogP contribution < -0.4 is 9.47 Å². The van der Waals surface area contributed by atoms with E-state index in [-0.39, 0.29) is 5.41 Å². The van der Waals surface area contributed by atoms with Gasteiger partial charge in [0.15, 0.2) is 0 Å². The highest BCUT2D eigenvalue weighted by atomic mass is 16.5. The lowest BCUT2D eigenvalue weighted by Gasteiger charge is -2.12. The maximum Gasteiger partial charge on any atom is 0.145 e. The van der Waals surface area contributed by atoms with Crippen LogP contribution in [0.25, 0.3) is 0 Å². The summed E-state index contributed by atoms with van der Waals surface area (Å²) < 4.78 is 11.8. The van der Waals surface area contributed by atoms with Crippen molar-refractivity contribution in [3.8, 4) is 17.2 Å². The van der Waals surface area contributed by atoms with E-state index in [1.54, 1.807) is 6.20 Å². The summed E-state index contributed by atoms with van der Waals surface area (Å²) in [5.74, 6) is 2.68. The summed E-state index contributed by atoms with van der Waals surface area (Å²) in [4.78, 5) is 4.26. The second-order valence-corrected chi connectivity index (χ2v) is 5.44. The van der Waals surface area contributed by atoms with Gasteiger partial charge in [-0.05, 0) is 44.0 Å². The van der Waals surface area contributed by atoms with Crippen LogP contribution in [0.3, 0.4) is 0 Å². The minimum Gasteiger partial charge on any atom is -0.492 e. The fraction of sp³-hybridized carbons (Fsp3) is 0.312. The predicted octanol–water partition coefficient (Wildman–Crippen LogP) is 3.61. The quantitative estimate of drug-likeness (QED) is 0.819. The number of rotatable bonds is 2. The molecule has 1 saturated carbocycles. The Morgan fingerprint density at radius 2 is 2.11 bits per heavy atom. The van der Waals surface area contributed by atoms with E-state index in [4.69, 9.17) is 9.47 Å². The summed E-state index contributed by atoms with van der Waals surface area (Å²) in [6.07, 6.45) is 4.17. The number of benzene rings is 1. The average molecular weight is 253 g/mol. The molecule has 0 bridgehead atoms. The SMILES string of the molecule is Cc1ccc(Oc2cccc3c2C2(CC2)CO3)cn1. The maximum absolute atomic E-state index is 6.01. The zero-order valence-electron chi connectivity index (χ0n) is 10.8. The molecular formula is C16H15NO2. The van der Waals surface area contributed by atoms with E-state index in [1.165, 1.54) is 18.4 Å². The Labute approximate surface area is 112 Å². The van der Waals surface area contributed by atoms with Crippen LogP contribution in [0.4, 0.5) is 0 Å². The van der Waals surface area contributed by atoms with Gasteiger partial charge < -0.3 is 9.47 Å². The second kappa shape index (κ2) is 3.73. The summed E-state index contributed by atoms with van der Waals surface area (Å²) in [7, 11) is 0. The van der Waals surface area contributed by atoms with Crippen LogP contribution in [0, 0.1) is 6.92 Å². The molecule has 0 radical (unpaired) electrons. The van der Waals surface area contributed by atoms with Crippen LogP contribution in [0.5, 0.6) is 17.2 Å². The first-order valence-corrected chi connectivity index (χ1v) is 6.64. The molecule has 0 unspecified atom stereocenters. The Hall–Kier alpha value is -2.03. The van der Waals surface area contributed by atoms with E-state index in [0.717, 1.165) is 29.5 Å². The molecule has 1 spiro atoms. The van der Waals surface area contributed by atoms with Crippen molar-refractivity contribution in [2.45, 2.75) is 25.2 Å². The van der Waals surface area contributed by atoms with Crippen molar-refractivity contribution in [1.29, 1.82) is 0 Å². The van der Waals surface area contributed by atoms with Gasteiger partial charge >= 0.3 is 0 Å². The van der Waals surface area contributed by atoms with Gasteiger partial charge in [-0.3, -0.25) is 4.98 Å². The highest BCUT2D eigenvalue weighted by Crippen LogP contribution is 2.58. The first kappa shape index (κ1) is 10.9. The molecule has 3 heteroatoms. The van der Waals surface area contributed by atoms with E-state index in [0.29, 0.717) is 0 Å². The minimum atomic E-state index is 0.226. The fourth-order valence-corrected chi connectivity index (χ4v) is 2.71.